The molecule has 1 saturated carbocycles. The quantitative estimate of drug-likeness (QED) is 0.329. The smallest absolute Gasteiger partial charge is 0.303 e. The van der Waals surface area contributed by atoms with E-state index in [-0.39, 0.29) is 12.3 Å². The summed E-state index contributed by atoms with van der Waals surface area (Å²) in [6.07, 6.45) is 3.67. The molecule has 1 fully saturated rings. The summed E-state index contributed by atoms with van der Waals surface area (Å²) in [6.45, 7) is 0.787. The molecule has 0 heterocycles. The lowest BCUT2D eigenvalue weighted by Gasteiger charge is -2.24. The number of benzene rings is 3. The predicted molar refractivity (Wildman–Crippen MR) is 133 cm³/mol. The van der Waals surface area contributed by atoms with Gasteiger partial charge in [-0.1, -0.05) is 60.7 Å². The highest BCUT2D eigenvalue weighted by Gasteiger charge is 2.33. The van der Waals surface area contributed by atoms with Crippen molar-refractivity contribution in [1.29, 1.82) is 0 Å². The van der Waals surface area contributed by atoms with Crippen LogP contribution in [-0.2, 0) is 11.3 Å². The monoisotopic (exact) mass is 458 g/mol. The van der Waals surface area contributed by atoms with Crippen molar-refractivity contribution in [3.63, 3.8) is 0 Å². The number of para-hydroxylation sites is 1. The van der Waals surface area contributed by atoms with Crippen LogP contribution >= 0.6 is 0 Å². The largest absolute Gasteiger partial charge is 0.493 e. The van der Waals surface area contributed by atoms with Crippen LogP contribution in [-0.4, -0.2) is 34.5 Å². The summed E-state index contributed by atoms with van der Waals surface area (Å²) in [5, 5.41) is 8.75. The Labute approximate surface area is 202 Å². The van der Waals surface area contributed by atoms with Crippen LogP contribution in [0.3, 0.4) is 0 Å². The summed E-state index contributed by atoms with van der Waals surface area (Å²) in [5.74, 6) is -0.229. The Hall–Kier alpha value is -3.60. The van der Waals surface area contributed by atoms with E-state index in [0.29, 0.717) is 43.7 Å². The van der Waals surface area contributed by atoms with Crippen LogP contribution in [0.1, 0.15) is 55.8 Å². The number of nitrogens with zero attached hydrogens (tertiary/aromatic N) is 1. The molecule has 5 nitrogen and oxygen atoms in total. The summed E-state index contributed by atoms with van der Waals surface area (Å²) in [6, 6.07) is 24.3. The van der Waals surface area contributed by atoms with Gasteiger partial charge in [0, 0.05) is 30.1 Å². The van der Waals surface area contributed by atoms with Gasteiger partial charge in [-0.15, -0.1) is 0 Å². The fraction of sp³-hybridized carbons (Fsp3) is 0.310. The number of carbonyl (C=O) groups excluding carboxylic acids is 1. The number of hydrogen-bond acceptors (Lipinski definition) is 3. The van der Waals surface area contributed by atoms with Gasteiger partial charge in [-0.25, -0.2) is 0 Å². The maximum Gasteiger partial charge on any atom is 0.303 e. The maximum atomic E-state index is 13.5. The van der Waals surface area contributed by atoms with Crippen LogP contribution in [0.25, 0.3) is 11.1 Å². The lowest BCUT2D eigenvalue weighted by Crippen LogP contribution is -2.32. The molecule has 0 atom stereocenters. The second-order valence-electron chi connectivity index (χ2n) is 8.56. The number of amides is 1. The second-order valence-corrected chi connectivity index (χ2v) is 8.56. The molecule has 34 heavy (non-hydrogen) atoms. The van der Waals surface area contributed by atoms with E-state index in [1.165, 1.54) is 0 Å². The van der Waals surface area contributed by atoms with Gasteiger partial charge in [0.2, 0.25) is 0 Å². The zero-order valence-corrected chi connectivity index (χ0v) is 19.3. The molecule has 0 saturated heterocycles. The Balaban J connectivity index is 1.44. The number of hydrogen-bond donors (Lipinski definition) is 1. The summed E-state index contributed by atoms with van der Waals surface area (Å²) < 4.78 is 14.7. The Morgan fingerprint density at radius 3 is 2.26 bits per heavy atom. The van der Waals surface area contributed by atoms with E-state index in [9.17, 15) is 9.59 Å². The molecule has 0 spiro atoms. The number of carbonyl (C=O) groups is 2. The van der Waals surface area contributed by atoms with Gasteiger partial charge in [0.15, 0.2) is 0 Å². The lowest BCUT2D eigenvalue weighted by molar-refractivity contribution is -0.137. The Morgan fingerprint density at radius 2 is 1.56 bits per heavy atom. The molecule has 1 N–H and O–H groups in total. The van der Waals surface area contributed by atoms with Crippen LogP contribution in [0.4, 0.5) is 0 Å². The average Bonchev–Trinajstić information content (AvgIpc) is 3.63. The topological polar surface area (TPSA) is 66.8 Å². The Kier molecular flexibility index (Phi) is 7.51. The molecule has 0 aromatic heterocycles. The van der Waals surface area contributed by atoms with Crippen molar-refractivity contribution in [2.45, 2.75) is 51.1 Å². The molecule has 3 aromatic rings. The molecular weight excluding hydrogens is 426 g/mol. The normalized spacial score (nSPS) is 14.2. The Morgan fingerprint density at radius 1 is 0.882 bits per heavy atom. The third kappa shape index (κ3) is 6.47. The van der Waals surface area contributed by atoms with Crippen LogP contribution in [0.15, 0.2) is 78.9 Å². The molecular formula is C29H31NO4. The highest BCUT2D eigenvalue weighted by molar-refractivity contribution is 5.95. The van der Waals surface area contributed by atoms with E-state index in [2.05, 4.69) is 0 Å². The number of ether oxygens (including phenoxy) is 1. The summed E-state index contributed by atoms with van der Waals surface area (Å²) in [5.41, 5.74) is 3.57. The van der Waals surface area contributed by atoms with Gasteiger partial charge in [0.05, 0.1) is 7.98 Å². The molecule has 1 aliphatic carbocycles. The van der Waals surface area contributed by atoms with Gasteiger partial charge in [0.1, 0.15) is 5.75 Å². The SMILES string of the molecule is [2H]C1(N(Cc2ccccc2OCCCCCC(=O)O)C(=O)c2ccc(-c3ccccc3)cc2)CC1. The molecule has 176 valence electrons. The molecule has 1 aliphatic rings. The van der Waals surface area contributed by atoms with Crippen LogP contribution in [0.2, 0.25) is 0 Å². The minimum atomic E-state index is -0.890. The number of carboxylic acid groups (broad SMARTS) is 1. The van der Waals surface area contributed by atoms with Crippen molar-refractivity contribution in [3.8, 4) is 16.9 Å². The molecule has 1 amide bonds. The maximum absolute atomic E-state index is 13.5. The molecule has 0 unspecified atom stereocenters. The zero-order valence-electron chi connectivity index (χ0n) is 20.3. The first-order valence-electron chi connectivity index (χ1n) is 12.4. The second kappa shape index (κ2) is 11.5. The first-order valence-corrected chi connectivity index (χ1v) is 11.9. The predicted octanol–water partition coefficient (Wildman–Crippen LogP) is 6.18. The van der Waals surface area contributed by atoms with Crippen molar-refractivity contribution >= 4 is 11.9 Å². The van der Waals surface area contributed by atoms with Gasteiger partial charge in [-0.3, -0.25) is 9.59 Å². The fourth-order valence-corrected chi connectivity index (χ4v) is 3.93. The van der Waals surface area contributed by atoms with Crippen molar-refractivity contribution in [1.82, 2.24) is 4.90 Å². The highest BCUT2D eigenvalue weighted by Crippen LogP contribution is 2.32. The highest BCUT2D eigenvalue weighted by atomic mass is 16.5. The van der Waals surface area contributed by atoms with E-state index in [1.807, 2.05) is 78.9 Å². The van der Waals surface area contributed by atoms with E-state index in [1.54, 1.807) is 4.90 Å². The molecule has 0 bridgehead atoms. The van der Waals surface area contributed by atoms with Gasteiger partial charge in [-0.2, -0.15) is 0 Å². The van der Waals surface area contributed by atoms with Gasteiger partial charge < -0.3 is 14.7 Å². The fourth-order valence-electron chi connectivity index (χ4n) is 3.93. The van der Waals surface area contributed by atoms with E-state index >= 15 is 0 Å². The number of unbranched alkanes of at least 4 members (excludes halogenated alkanes) is 2. The van der Waals surface area contributed by atoms with E-state index in [4.69, 9.17) is 11.2 Å². The van der Waals surface area contributed by atoms with Crippen molar-refractivity contribution in [2.75, 3.05) is 6.61 Å². The molecule has 5 heteroatoms. The molecule has 3 aromatic carbocycles. The van der Waals surface area contributed by atoms with Crippen LogP contribution in [0, 0.1) is 0 Å². The molecule has 0 aliphatic heterocycles. The summed E-state index contributed by atoms with van der Waals surface area (Å²) in [7, 11) is 0. The minimum Gasteiger partial charge on any atom is -0.493 e. The summed E-state index contributed by atoms with van der Waals surface area (Å²) >= 11 is 0. The van der Waals surface area contributed by atoms with Gasteiger partial charge in [0.25, 0.3) is 5.91 Å². The minimum absolute atomic E-state index is 0.152. The van der Waals surface area contributed by atoms with Crippen LogP contribution < -0.4 is 4.74 Å². The number of aliphatic carboxylic acids is 1. The van der Waals surface area contributed by atoms with Crippen LogP contribution in [0.5, 0.6) is 5.75 Å². The van der Waals surface area contributed by atoms with E-state index < -0.39 is 12.0 Å². The lowest BCUT2D eigenvalue weighted by atomic mass is 10.0. The van der Waals surface area contributed by atoms with Crippen molar-refractivity contribution in [2.24, 2.45) is 0 Å². The zero-order chi connectivity index (χ0) is 24.7. The standard InChI is InChI=1S/C29H31NO4/c31-28(32)13-5-2-8-20-34-27-12-7-6-11-25(27)21-30(26-18-19-26)29(33)24-16-14-23(15-17-24)22-9-3-1-4-10-22/h1,3-4,6-7,9-12,14-17,26H,2,5,8,13,18-21H2,(H,31,32)/i26D. The molecule has 0 radical (unpaired) electrons. The number of rotatable bonds is 12. The third-order valence-electron chi connectivity index (χ3n) is 5.93. The molecule has 4 rings (SSSR count). The first-order chi connectivity index (χ1) is 17.0. The average molecular weight is 459 g/mol. The Bertz CT molecular complexity index is 1140. The van der Waals surface area contributed by atoms with Gasteiger partial charge >= 0.3 is 5.97 Å². The van der Waals surface area contributed by atoms with Crippen molar-refractivity contribution < 1.29 is 20.8 Å². The third-order valence-corrected chi connectivity index (χ3v) is 5.93. The number of carboxylic acids is 1. The van der Waals surface area contributed by atoms with Crippen molar-refractivity contribution in [3.05, 3.63) is 90.0 Å². The van der Waals surface area contributed by atoms with Gasteiger partial charge in [-0.05, 0) is 61.4 Å². The summed E-state index contributed by atoms with van der Waals surface area (Å²) in [4.78, 5) is 25.8. The first kappa shape index (κ1) is 22.2. The van der Waals surface area contributed by atoms with E-state index in [0.717, 1.165) is 29.5 Å².